The molecule has 2 fully saturated rings. The van der Waals surface area contributed by atoms with Crippen molar-refractivity contribution in [3.63, 3.8) is 0 Å². The zero-order chi connectivity index (χ0) is 26.6. The molecule has 0 aromatic heterocycles. The van der Waals surface area contributed by atoms with Gasteiger partial charge in [0.15, 0.2) is 23.0 Å². The molecule has 5 rings (SSSR count). The molecule has 2 aromatic rings. The summed E-state index contributed by atoms with van der Waals surface area (Å²) in [5, 5.41) is 11.5. The van der Waals surface area contributed by atoms with Crippen molar-refractivity contribution in [2.24, 2.45) is 0 Å². The standard InChI is InChI=1S/C28H32N2O8/c1-34-21-6-3-5-19(27(21)35-2)24-23(25(31)18-7-8-20-22(17-18)38-16-15-37-20)26(32)28(33)30(24)10-4-9-29-11-13-36-14-12-29/h3,5-8,17,24,31H,4,9-16H2,1-2H3/b25-23+. The number of hydrogen-bond donors (Lipinski definition) is 1. The molecular weight excluding hydrogens is 492 g/mol. The number of aliphatic hydroxyl groups excluding tert-OH is 1. The zero-order valence-corrected chi connectivity index (χ0v) is 21.6. The third kappa shape index (κ3) is 4.89. The molecule has 1 amide bonds. The Morgan fingerprint density at radius 3 is 2.47 bits per heavy atom. The number of rotatable bonds is 8. The fourth-order valence-electron chi connectivity index (χ4n) is 5.20. The number of likely N-dealkylation sites (tertiary alicyclic amines) is 1. The van der Waals surface area contributed by atoms with Gasteiger partial charge in [0.1, 0.15) is 19.0 Å². The van der Waals surface area contributed by atoms with Gasteiger partial charge in [0.25, 0.3) is 11.7 Å². The Morgan fingerprint density at radius 1 is 0.974 bits per heavy atom. The number of ketones is 1. The molecule has 10 heteroatoms. The lowest BCUT2D eigenvalue weighted by Gasteiger charge is -2.30. The third-order valence-electron chi connectivity index (χ3n) is 7.06. The van der Waals surface area contributed by atoms with Crippen molar-refractivity contribution in [1.82, 2.24) is 9.80 Å². The molecular formula is C28H32N2O8. The largest absolute Gasteiger partial charge is 0.507 e. The number of fused-ring (bicyclic) bond motifs is 1. The van der Waals surface area contributed by atoms with Gasteiger partial charge in [-0.05, 0) is 30.7 Å². The molecule has 0 aliphatic carbocycles. The second kappa shape index (κ2) is 11.3. The summed E-state index contributed by atoms with van der Waals surface area (Å²) in [5.74, 6) is 0.180. The van der Waals surface area contributed by atoms with Crippen LogP contribution in [-0.4, -0.2) is 93.4 Å². The predicted molar refractivity (Wildman–Crippen MR) is 138 cm³/mol. The van der Waals surface area contributed by atoms with Crippen LogP contribution in [0.4, 0.5) is 0 Å². The van der Waals surface area contributed by atoms with Crippen LogP contribution in [0, 0.1) is 0 Å². The van der Waals surface area contributed by atoms with Crippen molar-refractivity contribution >= 4 is 17.4 Å². The second-order valence-electron chi connectivity index (χ2n) is 9.24. The van der Waals surface area contributed by atoms with E-state index in [9.17, 15) is 14.7 Å². The van der Waals surface area contributed by atoms with Crippen LogP contribution in [-0.2, 0) is 14.3 Å². The minimum atomic E-state index is -0.863. The molecule has 202 valence electrons. The summed E-state index contributed by atoms with van der Waals surface area (Å²) in [7, 11) is 3.03. The normalized spacial score (nSPS) is 21.0. The summed E-state index contributed by atoms with van der Waals surface area (Å²) in [5.41, 5.74) is 0.897. The van der Waals surface area contributed by atoms with Gasteiger partial charge in [-0.2, -0.15) is 0 Å². The van der Waals surface area contributed by atoms with Crippen LogP contribution in [0.15, 0.2) is 42.0 Å². The van der Waals surface area contributed by atoms with Gasteiger partial charge in [-0.25, -0.2) is 0 Å². The molecule has 0 radical (unpaired) electrons. The van der Waals surface area contributed by atoms with Crippen molar-refractivity contribution in [2.45, 2.75) is 12.5 Å². The van der Waals surface area contributed by atoms with E-state index < -0.39 is 17.7 Å². The molecule has 38 heavy (non-hydrogen) atoms. The number of nitrogens with zero attached hydrogens (tertiary/aromatic N) is 2. The highest BCUT2D eigenvalue weighted by Crippen LogP contribution is 2.46. The second-order valence-corrected chi connectivity index (χ2v) is 9.24. The predicted octanol–water partition coefficient (Wildman–Crippen LogP) is 2.62. The van der Waals surface area contributed by atoms with Gasteiger partial charge >= 0.3 is 0 Å². The lowest BCUT2D eigenvalue weighted by Crippen LogP contribution is -2.39. The average Bonchev–Trinajstić information content (AvgIpc) is 3.21. The number of amides is 1. The van der Waals surface area contributed by atoms with Crippen LogP contribution in [0.3, 0.4) is 0 Å². The average molecular weight is 525 g/mol. The monoisotopic (exact) mass is 524 g/mol. The van der Waals surface area contributed by atoms with Gasteiger partial charge in [0, 0.05) is 37.3 Å². The number of methoxy groups -OCH3 is 2. The van der Waals surface area contributed by atoms with E-state index in [1.165, 1.54) is 19.1 Å². The van der Waals surface area contributed by atoms with Gasteiger partial charge in [0.05, 0.1) is 39.0 Å². The number of carbonyl (C=O) groups is 2. The number of ether oxygens (including phenoxy) is 5. The van der Waals surface area contributed by atoms with Crippen LogP contribution >= 0.6 is 0 Å². The van der Waals surface area contributed by atoms with Gasteiger partial charge in [0.2, 0.25) is 0 Å². The first-order chi connectivity index (χ1) is 18.5. The molecule has 1 N–H and O–H groups in total. The summed E-state index contributed by atoms with van der Waals surface area (Å²) in [6.45, 7) is 4.92. The molecule has 0 bridgehead atoms. The Bertz CT molecular complexity index is 1240. The van der Waals surface area contributed by atoms with E-state index in [1.807, 2.05) is 0 Å². The lowest BCUT2D eigenvalue weighted by atomic mass is 9.94. The Balaban J connectivity index is 1.55. The quantitative estimate of drug-likeness (QED) is 0.317. The summed E-state index contributed by atoms with van der Waals surface area (Å²) in [4.78, 5) is 30.6. The van der Waals surface area contributed by atoms with E-state index in [2.05, 4.69) is 4.90 Å². The molecule has 1 unspecified atom stereocenters. The van der Waals surface area contributed by atoms with Gasteiger partial charge in [-0.15, -0.1) is 0 Å². The molecule has 3 aliphatic rings. The van der Waals surface area contributed by atoms with E-state index in [-0.39, 0.29) is 11.3 Å². The van der Waals surface area contributed by atoms with Crippen LogP contribution in [0.1, 0.15) is 23.6 Å². The number of benzene rings is 2. The first-order valence-corrected chi connectivity index (χ1v) is 12.7. The minimum Gasteiger partial charge on any atom is -0.507 e. The molecule has 0 saturated carbocycles. The molecule has 2 saturated heterocycles. The van der Waals surface area contributed by atoms with E-state index in [0.29, 0.717) is 73.5 Å². The number of hydrogen-bond acceptors (Lipinski definition) is 9. The first kappa shape index (κ1) is 25.9. The maximum absolute atomic E-state index is 13.5. The Labute approximate surface area is 221 Å². The van der Waals surface area contributed by atoms with E-state index >= 15 is 0 Å². The molecule has 3 aliphatic heterocycles. The molecule has 2 aromatic carbocycles. The number of carbonyl (C=O) groups excluding carboxylic acids is 2. The van der Waals surface area contributed by atoms with Crippen LogP contribution in [0.25, 0.3) is 5.76 Å². The maximum Gasteiger partial charge on any atom is 0.295 e. The summed E-state index contributed by atoms with van der Waals surface area (Å²) in [6, 6.07) is 9.39. The smallest absolute Gasteiger partial charge is 0.295 e. The van der Waals surface area contributed by atoms with Crippen LogP contribution < -0.4 is 18.9 Å². The highest BCUT2D eigenvalue weighted by atomic mass is 16.6. The van der Waals surface area contributed by atoms with Crippen LogP contribution in [0.5, 0.6) is 23.0 Å². The lowest BCUT2D eigenvalue weighted by molar-refractivity contribution is -0.140. The highest BCUT2D eigenvalue weighted by Gasteiger charge is 2.47. The van der Waals surface area contributed by atoms with E-state index in [0.717, 1.165) is 19.6 Å². The van der Waals surface area contributed by atoms with E-state index in [1.54, 1.807) is 36.4 Å². The zero-order valence-electron chi connectivity index (χ0n) is 21.6. The van der Waals surface area contributed by atoms with E-state index in [4.69, 9.17) is 23.7 Å². The molecule has 3 heterocycles. The summed E-state index contributed by atoms with van der Waals surface area (Å²) in [6.07, 6.45) is 0.653. The van der Waals surface area contributed by atoms with Gasteiger partial charge in [-0.3, -0.25) is 14.5 Å². The van der Waals surface area contributed by atoms with Crippen molar-refractivity contribution < 1.29 is 38.4 Å². The van der Waals surface area contributed by atoms with Gasteiger partial charge in [-0.1, -0.05) is 12.1 Å². The fourth-order valence-corrected chi connectivity index (χ4v) is 5.20. The topological polar surface area (TPSA) is 107 Å². The number of morpholine rings is 1. The van der Waals surface area contributed by atoms with Crippen LogP contribution in [0.2, 0.25) is 0 Å². The number of Topliss-reactive ketones (excluding diaryl/α,β-unsaturated/α-hetero) is 1. The molecule has 1 atom stereocenters. The van der Waals surface area contributed by atoms with Crippen molar-refractivity contribution in [3.05, 3.63) is 53.1 Å². The first-order valence-electron chi connectivity index (χ1n) is 12.7. The highest BCUT2D eigenvalue weighted by molar-refractivity contribution is 6.46. The summed E-state index contributed by atoms with van der Waals surface area (Å²) < 4.78 is 27.8. The van der Waals surface area contributed by atoms with Crippen molar-refractivity contribution in [2.75, 3.05) is 66.8 Å². The van der Waals surface area contributed by atoms with Crippen molar-refractivity contribution in [1.29, 1.82) is 0 Å². The fraction of sp³-hybridized carbons (Fsp3) is 0.429. The SMILES string of the molecule is COc1cccc(C2/C(=C(\O)c3ccc4c(c3)OCCO4)C(=O)C(=O)N2CCCN2CCOCC2)c1OC. The van der Waals surface area contributed by atoms with Gasteiger partial charge < -0.3 is 33.7 Å². The molecule has 0 spiro atoms. The third-order valence-corrected chi connectivity index (χ3v) is 7.06. The maximum atomic E-state index is 13.5. The molecule has 10 nitrogen and oxygen atoms in total. The van der Waals surface area contributed by atoms with Crippen molar-refractivity contribution in [3.8, 4) is 23.0 Å². The minimum absolute atomic E-state index is 0.00963. The summed E-state index contributed by atoms with van der Waals surface area (Å²) >= 11 is 0. The Morgan fingerprint density at radius 2 is 1.74 bits per heavy atom. The number of aliphatic hydroxyl groups is 1. The Hall–Kier alpha value is -3.76. The Kier molecular flexibility index (Phi) is 7.71. The number of para-hydroxylation sites is 1.